The fourth-order valence-electron chi connectivity index (χ4n) is 2.80. The van der Waals surface area contributed by atoms with Gasteiger partial charge in [-0.2, -0.15) is 0 Å². The minimum Gasteiger partial charge on any atom is -0.360 e. The summed E-state index contributed by atoms with van der Waals surface area (Å²) in [5.74, 6) is -0.298. The van der Waals surface area contributed by atoms with E-state index >= 15 is 0 Å². The summed E-state index contributed by atoms with van der Waals surface area (Å²) < 4.78 is 13.5. The second-order valence-electron chi connectivity index (χ2n) is 6.04. The van der Waals surface area contributed by atoms with Gasteiger partial charge in [0.25, 0.3) is 5.91 Å². The van der Waals surface area contributed by atoms with Crippen molar-refractivity contribution in [3.05, 3.63) is 65.1 Å². The molecule has 1 heterocycles. The van der Waals surface area contributed by atoms with Crippen molar-refractivity contribution in [2.45, 2.75) is 26.7 Å². The predicted molar refractivity (Wildman–Crippen MR) is 91.5 cm³/mol. The van der Waals surface area contributed by atoms with Gasteiger partial charge in [0.1, 0.15) is 5.82 Å². The van der Waals surface area contributed by atoms with Crippen LogP contribution in [0.1, 0.15) is 41.3 Å². The van der Waals surface area contributed by atoms with E-state index in [0.717, 1.165) is 22.3 Å². The molecule has 23 heavy (non-hydrogen) atoms. The molecule has 1 aromatic heterocycles. The average Bonchev–Trinajstić information content (AvgIpc) is 2.92. The number of rotatable bonds is 3. The van der Waals surface area contributed by atoms with Gasteiger partial charge in [0, 0.05) is 22.8 Å². The molecular weight excluding hydrogens is 291 g/mol. The highest BCUT2D eigenvalue weighted by atomic mass is 19.1. The normalized spacial score (nSPS) is 11.2. The summed E-state index contributed by atoms with van der Waals surface area (Å²) in [5.41, 5.74) is 4.11. The van der Waals surface area contributed by atoms with Crippen LogP contribution in [0.2, 0.25) is 0 Å². The third-order valence-electron chi connectivity index (χ3n) is 4.05. The van der Waals surface area contributed by atoms with Crippen molar-refractivity contribution in [1.29, 1.82) is 0 Å². The number of amides is 1. The van der Waals surface area contributed by atoms with Crippen LogP contribution in [-0.4, -0.2) is 10.9 Å². The number of hydrogen-bond acceptors (Lipinski definition) is 1. The molecule has 3 aromatic rings. The molecule has 0 aliphatic heterocycles. The van der Waals surface area contributed by atoms with E-state index in [4.69, 9.17) is 0 Å². The summed E-state index contributed by atoms with van der Waals surface area (Å²) in [7, 11) is 0. The second kappa shape index (κ2) is 5.88. The highest BCUT2D eigenvalue weighted by Crippen LogP contribution is 2.28. The van der Waals surface area contributed by atoms with Crippen LogP contribution in [0.4, 0.5) is 10.1 Å². The fraction of sp³-hybridized carbons (Fsp3) is 0.211. The maximum atomic E-state index is 13.5. The zero-order valence-electron chi connectivity index (χ0n) is 13.4. The van der Waals surface area contributed by atoms with E-state index in [1.807, 2.05) is 25.1 Å². The van der Waals surface area contributed by atoms with Crippen LogP contribution in [0.25, 0.3) is 10.9 Å². The Hall–Kier alpha value is -2.62. The Balaban J connectivity index is 2.00. The molecule has 0 aliphatic rings. The smallest absolute Gasteiger partial charge is 0.257 e. The van der Waals surface area contributed by atoms with Gasteiger partial charge < -0.3 is 10.3 Å². The Kier molecular flexibility index (Phi) is 3.90. The van der Waals surface area contributed by atoms with Crippen molar-refractivity contribution in [2.75, 3.05) is 5.32 Å². The van der Waals surface area contributed by atoms with E-state index in [1.54, 1.807) is 12.3 Å². The van der Waals surface area contributed by atoms with Crippen molar-refractivity contribution >= 4 is 22.5 Å². The SMILES string of the molecule is Cc1cccc(C(C)C)c1NC(=O)c1c[nH]c2ccc(F)cc12. The number of carbonyl (C=O) groups is 1. The third-order valence-corrected chi connectivity index (χ3v) is 4.05. The van der Waals surface area contributed by atoms with Crippen LogP contribution in [0, 0.1) is 12.7 Å². The number of para-hydroxylation sites is 1. The molecule has 0 spiro atoms. The van der Waals surface area contributed by atoms with Crippen LogP contribution in [-0.2, 0) is 0 Å². The summed E-state index contributed by atoms with van der Waals surface area (Å²) >= 11 is 0. The van der Waals surface area contributed by atoms with Gasteiger partial charge in [0.15, 0.2) is 0 Å². The van der Waals surface area contributed by atoms with Crippen LogP contribution in [0.3, 0.4) is 0 Å². The van der Waals surface area contributed by atoms with E-state index in [1.165, 1.54) is 12.1 Å². The maximum Gasteiger partial charge on any atom is 0.257 e. The van der Waals surface area contributed by atoms with Crippen molar-refractivity contribution in [3.63, 3.8) is 0 Å². The number of hydrogen-bond donors (Lipinski definition) is 2. The molecule has 4 heteroatoms. The van der Waals surface area contributed by atoms with Gasteiger partial charge in [-0.3, -0.25) is 4.79 Å². The molecule has 0 radical (unpaired) electrons. The number of benzene rings is 2. The number of aromatic nitrogens is 1. The summed E-state index contributed by atoms with van der Waals surface area (Å²) in [4.78, 5) is 15.7. The van der Waals surface area contributed by atoms with Gasteiger partial charge in [0.05, 0.1) is 5.56 Å². The summed E-state index contributed by atoms with van der Waals surface area (Å²) in [6, 6.07) is 10.4. The highest BCUT2D eigenvalue weighted by Gasteiger charge is 2.16. The lowest BCUT2D eigenvalue weighted by molar-refractivity contribution is 0.102. The standard InChI is InChI=1S/C19H19FN2O/c1-11(2)14-6-4-5-12(3)18(14)22-19(23)16-10-21-17-8-7-13(20)9-15(16)17/h4-11,21H,1-3H3,(H,22,23). The van der Waals surface area contributed by atoms with Crippen LogP contribution in [0.15, 0.2) is 42.6 Å². The van der Waals surface area contributed by atoms with Gasteiger partial charge in [-0.1, -0.05) is 32.0 Å². The Morgan fingerprint density at radius 2 is 2.00 bits per heavy atom. The van der Waals surface area contributed by atoms with Crippen molar-refractivity contribution in [3.8, 4) is 0 Å². The third kappa shape index (κ3) is 2.84. The summed E-state index contributed by atoms with van der Waals surface area (Å²) in [6.07, 6.45) is 1.62. The van der Waals surface area contributed by atoms with E-state index in [2.05, 4.69) is 24.1 Å². The first kappa shape index (κ1) is 15.3. The Morgan fingerprint density at radius 1 is 1.22 bits per heavy atom. The second-order valence-corrected chi connectivity index (χ2v) is 6.04. The number of aryl methyl sites for hydroxylation is 1. The van der Waals surface area contributed by atoms with Gasteiger partial charge >= 0.3 is 0 Å². The largest absolute Gasteiger partial charge is 0.360 e. The quantitative estimate of drug-likeness (QED) is 0.703. The molecule has 3 rings (SSSR count). The van der Waals surface area contributed by atoms with Crippen molar-refractivity contribution < 1.29 is 9.18 Å². The number of nitrogens with one attached hydrogen (secondary N) is 2. The molecule has 2 aromatic carbocycles. The number of carbonyl (C=O) groups excluding carboxylic acids is 1. The number of fused-ring (bicyclic) bond motifs is 1. The number of aromatic amines is 1. The molecule has 1 amide bonds. The molecule has 118 valence electrons. The Labute approximate surface area is 134 Å². The highest BCUT2D eigenvalue weighted by molar-refractivity contribution is 6.13. The molecule has 3 nitrogen and oxygen atoms in total. The average molecular weight is 310 g/mol. The molecular formula is C19H19FN2O. The van der Waals surface area contributed by atoms with Crippen molar-refractivity contribution in [1.82, 2.24) is 4.98 Å². The lowest BCUT2D eigenvalue weighted by Gasteiger charge is -2.16. The summed E-state index contributed by atoms with van der Waals surface area (Å²) in [5, 5.41) is 3.58. The molecule has 0 bridgehead atoms. The van der Waals surface area contributed by atoms with Crippen LogP contribution < -0.4 is 5.32 Å². The number of anilines is 1. The molecule has 2 N–H and O–H groups in total. The first-order valence-corrected chi connectivity index (χ1v) is 7.65. The Morgan fingerprint density at radius 3 is 2.74 bits per heavy atom. The maximum absolute atomic E-state index is 13.5. The van der Waals surface area contributed by atoms with E-state index in [-0.39, 0.29) is 11.7 Å². The zero-order valence-corrected chi connectivity index (χ0v) is 13.4. The monoisotopic (exact) mass is 310 g/mol. The zero-order chi connectivity index (χ0) is 16.6. The van der Waals surface area contributed by atoms with Crippen LogP contribution >= 0.6 is 0 Å². The fourth-order valence-corrected chi connectivity index (χ4v) is 2.80. The van der Waals surface area contributed by atoms with Gasteiger partial charge in [0.2, 0.25) is 0 Å². The summed E-state index contributed by atoms with van der Waals surface area (Å²) in [6.45, 7) is 6.15. The van der Waals surface area contributed by atoms with Gasteiger partial charge in [-0.05, 0) is 42.2 Å². The minimum atomic E-state index is -0.357. The lowest BCUT2D eigenvalue weighted by Crippen LogP contribution is -2.14. The van der Waals surface area contributed by atoms with Crippen LogP contribution in [0.5, 0.6) is 0 Å². The minimum absolute atomic E-state index is 0.238. The number of halogens is 1. The molecule has 0 fully saturated rings. The first-order chi connectivity index (χ1) is 11.0. The molecule has 0 aliphatic carbocycles. The molecule has 0 atom stereocenters. The first-order valence-electron chi connectivity index (χ1n) is 7.65. The van der Waals surface area contributed by atoms with E-state index in [0.29, 0.717) is 16.9 Å². The molecule has 0 saturated heterocycles. The topological polar surface area (TPSA) is 44.9 Å². The van der Waals surface area contributed by atoms with Gasteiger partial charge in [-0.25, -0.2) is 4.39 Å². The lowest BCUT2D eigenvalue weighted by atomic mass is 9.98. The van der Waals surface area contributed by atoms with E-state index < -0.39 is 0 Å². The number of H-pyrrole nitrogens is 1. The molecule has 0 saturated carbocycles. The van der Waals surface area contributed by atoms with Crippen molar-refractivity contribution in [2.24, 2.45) is 0 Å². The predicted octanol–water partition coefficient (Wildman–Crippen LogP) is 4.99. The van der Waals surface area contributed by atoms with Gasteiger partial charge in [-0.15, -0.1) is 0 Å². The molecule has 0 unspecified atom stereocenters. The van der Waals surface area contributed by atoms with E-state index in [9.17, 15) is 9.18 Å². The Bertz CT molecular complexity index is 880.